The number of aromatic nitrogens is 3. The lowest BCUT2D eigenvalue weighted by Gasteiger charge is -1.97. The van der Waals surface area contributed by atoms with Crippen molar-refractivity contribution in [1.29, 1.82) is 0 Å². The molecule has 0 aliphatic rings. The van der Waals surface area contributed by atoms with Gasteiger partial charge in [-0.05, 0) is 18.2 Å². The molecule has 2 aromatic rings. The van der Waals surface area contributed by atoms with Crippen LogP contribution in [0.2, 0.25) is 0 Å². The first-order valence-corrected chi connectivity index (χ1v) is 3.29. The van der Waals surface area contributed by atoms with Gasteiger partial charge >= 0.3 is 0 Å². The van der Waals surface area contributed by atoms with Crippen molar-refractivity contribution in [2.24, 2.45) is 0 Å². The van der Waals surface area contributed by atoms with E-state index in [1.165, 1.54) is 0 Å². The Morgan fingerprint density at radius 1 is 1.27 bits per heavy atom. The van der Waals surface area contributed by atoms with Crippen LogP contribution in [0, 0.1) is 6.20 Å². The molecular formula is C8H6N3. The van der Waals surface area contributed by atoms with Gasteiger partial charge in [0.15, 0.2) is 0 Å². The minimum atomic E-state index is 1.00. The summed E-state index contributed by atoms with van der Waals surface area (Å²) >= 11 is 0. The molecule has 0 aliphatic carbocycles. The van der Waals surface area contributed by atoms with Gasteiger partial charge in [-0.15, -0.1) is 0 Å². The Balaban J connectivity index is 2.46. The van der Waals surface area contributed by atoms with Gasteiger partial charge in [0.2, 0.25) is 0 Å². The van der Waals surface area contributed by atoms with E-state index in [0.29, 0.717) is 0 Å². The van der Waals surface area contributed by atoms with E-state index in [2.05, 4.69) is 16.3 Å². The fraction of sp³-hybridized carbons (Fsp3) is 0. The molecule has 0 aliphatic heterocycles. The van der Waals surface area contributed by atoms with E-state index in [4.69, 9.17) is 0 Å². The summed E-state index contributed by atoms with van der Waals surface area (Å²) in [4.78, 5) is 3.90. The van der Waals surface area contributed by atoms with E-state index >= 15 is 0 Å². The minimum absolute atomic E-state index is 1.00. The smallest absolute Gasteiger partial charge is 0.113 e. The molecule has 0 unspecified atom stereocenters. The lowest BCUT2D eigenvalue weighted by molar-refractivity contribution is 0.874. The molecule has 0 saturated heterocycles. The van der Waals surface area contributed by atoms with Gasteiger partial charge in [0.25, 0.3) is 0 Å². The highest BCUT2D eigenvalue weighted by Gasteiger charge is 1.91. The minimum Gasteiger partial charge on any atom is -0.265 e. The molecule has 0 bridgehead atoms. The largest absolute Gasteiger partial charge is 0.265 e. The predicted molar refractivity (Wildman–Crippen MR) is 40.2 cm³/mol. The zero-order valence-corrected chi connectivity index (χ0v) is 5.81. The zero-order chi connectivity index (χ0) is 7.52. The Hall–Kier alpha value is -1.64. The van der Waals surface area contributed by atoms with Crippen LogP contribution < -0.4 is 0 Å². The highest BCUT2D eigenvalue weighted by molar-refractivity contribution is 5.26. The van der Waals surface area contributed by atoms with Crippen LogP contribution in [0.5, 0.6) is 0 Å². The van der Waals surface area contributed by atoms with Gasteiger partial charge in [-0.25, -0.2) is 4.68 Å². The molecule has 3 nitrogen and oxygen atoms in total. The molecule has 0 fully saturated rings. The van der Waals surface area contributed by atoms with Gasteiger partial charge in [-0.3, -0.25) is 4.98 Å². The maximum absolute atomic E-state index is 3.95. The quantitative estimate of drug-likeness (QED) is 0.599. The van der Waals surface area contributed by atoms with Crippen molar-refractivity contribution in [3.63, 3.8) is 0 Å². The molecule has 0 amide bonds. The Labute approximate surface area is 64.3 Å². The fourth-order valence-corrected chi connectivity index (χ4v) is 0.873. The monoisotopic (exact) mass is 144 g/mol. The Morgan fingerprint density at radius 3 is 2.73 bits per heavy atom. The summed E-state index contributed by atoms with van der Waals surface area (Å²) in [5, 5.41) is 3.95. The van der Waals surface area contributed by atoms with Crippen LogP contribution in [0.25, 0.3) is 5.69 Å². The average Bonchev–Trinajstić information content (AvgIpc) is 2.58. The van der Waals surface area contributed by atoms with Crippen LogP contribution in [-0.2, 0) is 0 Å². The first-order chi connectivity index (χ1) is 5.47. The molecule has 0 N–H and O–H groups in total. The number of rotatable bonds is 1. The van der Waals surface area contributed by atoms with Crippen LogP contribution in [0.15, 0.2) is 36.8 Å². The number of hydrogen-bond acceptors (Lipinski definition) is 2. The van der Waals surface area contributed by atoms with Crippen molar-refractivity contribution in [3.8, 4) is 5.69 Å². The van der Waals surface area contributed by atoms with E-state index in [1.54, 1.807) is 23.1 Å². The molecule has 1 radical (unpaired) electrons. The van der Waals surface area contributed by atoms with Gasteiger partial charge < -0.3 is 0 Å². The molecule has 11 heavy (non-hydrogen) atoms. The van der Waals surface area contributed by atoms with Crippen molar-refractivity contribution >= 4 is 0 Å². The van der Waals surface area contributed by atoms with Crippen molar-refractivity contribution < 1.29 is 0 Å². The summed E-state index contributed by atoms with van der Waals surface area (Å²) in [5.41, 5.74) is 1.00. The lowest BCUT2D eigenvalue weighted by Crippen LogP contribution is -1.92. The van der Waals surface area contributed by atoms with E-state index < -0.39 is 0 Å². The molecule has 2 heterocycles. The third kappa shape index (κ3) is 1.12. The van der Waals surface area contributed by atoms with Crippen LogP contribution in [-0.4, -0.2) is 14.8 Å². The summed E-state index contributed by atoms with van der Waals surface area (Å²) in [7, 11) is 0. The maximum Gasteiger partial charge on any atom is 0.113 e. The van der Waals surface area contributed by atoms with Crippen LogP contribution in [0.1, 0.15) is 0 Å². The zero-order valence-electron chi connectivity index (χ0n) is 5.81. The summed E-state index contributed by atoms with van der Waals surface area (Å²) in [5.74, 6) is 0. The summed E-state index contributed by atoms with van der Waals surface area (Å²) < 4.78 is 1.74. The fourth-order valence-electron chi connectivity index (χ4n) is 0.873. The predicted octanol–water partition coefficient (Wildman–Crippen LogP) is 1.07. The Morgan fingerprint density at radius 2 is 2.09 bits per heavy atom. The highest BCUT2D eigenvalue weighted by atomic mass is 15.3. The lowest BCUT2D eigenvalue weighted by atomic mass is 10.4. The summed E-state index contributed by atoms with van der Waals surface area (Å²) in [6, 6.07) is 5.54. The van der Waals surface area contributed by atoms with Gasteiger partial charge in [0.1, 0.15) is 6.20 Å². The third-order valence-corrected chi connectivity index (χ3v) is 1.38. The summed E-state index contributed by atoms with van der Waals surface area (Å²) in [6.45, 7) is 0. The van der Waals surface area contributed by atoms with Gasteiger partial charge in [-0.1, -0.05) is 0 Å². The van der Waals surface area contributed by atoms with Crippen molar-refractivity contribution in [3.05, 3.63) is 43.0 Å². The van der Waals surface area contributed by atoms with Crippen molar-refractivity contribution in [2.45, 2.75) is 0 Å². The van der Waals surface area contributed by atoms with Gasteiger partial charge in [0, 0.05) is 18.6 Å². The Kier molecular flexibility index (Phi) is 1.41. The topological polar surface area (TPSA) is 30.7 Å². The molecule has 0 saturated carbocycles. The van der Waals surface area contributed by atoms with Crippen molar-refractivity contribution in [1.82, 2.24) is 14.8 Å². The second kappa shape index (κ2) is 2.54. The maximum atomic E-state index is 3.95. The highest BCUT2D eigenvalue weighted by Crippen LogP contribution is 2.01. The summed E-state index contributed by atoms with van der Waals surface area (Å²) in [6.07, 6.45) is 8.03. The van der Waals surface area contributed by atoms with Gasteiger partial charge in [-0.2, -0.15) is 5.10 Å². The van der Waals surface area contributed by atoms with E-state index in [9.17, 15) is 0 Å². The van der Waals surface area contributed by atoms with Gasteiger partial charge in [0.05, 0.1) is 5.69 Å². The Bertz CT molecular complexity index is 312. The van der Waals surface area contributed by atoms with E-state index in [0.717, 1.165) is 5.69 Å². The molecule has 53 valence electrons. The molecule has 2 rings (SSSR count). The number of pyridine rings is 1. The molecule has 0 atom stereocenters. The first kappa shape index (κ1) is 6.09. The van der Waals surface area contributed by atoms with Crippen LogP contribution in [0.3, 0.4) is 0 Å². The normalized spacial score (nSPS) is 9.82. The van der Waals surface area contributed by atoms with Crippen molar-refractivity contribution in [2.75, 3.05) is 0 Å². The van der Waals surface area contributed by atoms with Crippen LogP contribution in [0.4, 0.5) is 0 Å². The van der Waals surface area contributed by atoms with E-state index in [-0.39, 0.29) is 0 Å². The number of nitrogens with zero attached hydrogens (tertiary/aromatic N) is 3. The average molecular weight is 144 g/mol. The number of hydrogen-bond donors (Lipinski definition) is 0. The van der Waals surface area contributed by atoms with Crippen LogP contribution >= 0.6 is 0 Å². The first-order valence-electron chi connectivity index (χ1n) is 3.29. The second-order valence-corrected chi connectivity index (χ2v) is 2.09. The third-order valence-electron chi connectivity index (χ3n) is 1.38. The molecule has 2 aromatic heterocycles. The second-order valence-electron chi connectivity index (χ2n) is 2.09. The molecular weight excluding hydrogens is 138 g/mol. The standard InChI is InChI=1S/C8H6N3/c1-4-10-11(7-1)8-2-5-9-6-3-8/h1-3,5-7H. The SMILES string of the molecule is [c]1ccn(-c2ccncc2)n1. The van der Waals surface area contributed by atoms with E-state index in [1.807, 2.05) is 18.3 Å². The molecule has 3 heteroatoms. The molecule has 0 spiro atoms. The molecule has 0 aromatic carbocycles.